The summed E-state index contributed by atoms with van der Waals surface area (Å²) < 4.78 is 7.47. The maximum Gasteiger partial charge on any atom is 0.236 e. The fraction of sp³-hybridized carbons (Fsp3) is 0.120. The first-order valence-electron chi connectivity index (χ1n) is 10.8. The van der Waals surface area contributed by atoms with Crippen molar-refractivity contribution in [1.82, 2.24) is 19.7 Å². The molecule has 5 aromatic rings. The summed E-state index contributed by atoms with van der Waals surface area (Å²) in [5.41, 5.74) is 2.80. The Labute approximate surface area is 225 Å². The number of amides is 1. The Morgan fingerprint density at radius 1 is 1.08 bits per heavy atom. The van der Waals surface area contributed by atoms with Crippen molar-refractivity contribution in [3.8, 4) is 17.3 Å². The molecular formula is C25H19Cl2N5O2S2. The number of hydrogen-bond acceptors (Lipinski definition) is 7. The van der Waals surface area contributed by atoms with Crippen LogP contribution in [-0.4, -0.2) is 31.4 Å². The van der Waals surface area contributed by atoms with Gasteiger partial charge in [-0.25, -0.2) is 4.98 Å². The summed E-state index contributed by atoms with van der Waals surface area (Å²) in [6, 6.07) is 17.0. The predicted octanol–water partition coefficient (Wildman–Crippen LogP) is 6.92. The molecule has 182 valence electrons. The van der Waals surface area contributed by atoms with Crippen molar-refractivity contribution < 1.29 is 9.21 Å². The molecule has 0 aliphatic rings. The van der Waals surface area contributed by atoms with E-state index in [2.05, 4.69) is 20.5 Å². The van der Waals surface area contributed by atoms with Gasteiger partial charge in [-0.3, -0.25) is 9.36 Å². The molecule has 1 amide bonds. The summed E-state index contributed by atoms with van der Waals surface area (Å²) in [5, 5.41) is 13.8. The molecule has 7 nitrogen and oxygen atoms in total. The van der Waals surface area contributed by atoms with E-state index >= 15 is 0 Å². The Morgan fingerprint density at radius 3 is 2.64 bits per heavy atom. The highest BCUT2D eigenvalue weighted by Gasteiger charge is 2.20. The van der Waals surface area contributed by atoms with Crippen LogP contribution < -0.4 is 5.32 Å². The second kappa shape index (κ2) is 10.9. The smallest absolute Gasteiger partial charge is 0.236 e. The molecule has 0 unspecified atom stereocenters. The largest absolute Gasteiger partial charge is 0.461 e. The van der Waals surface area contributed by atoms with Crippen molar-refractivity contribution >= 4 is 57.3 Å². The molecule has 1 N–H and O–H groups in total. The molecule has 0 aliphatic heterocycles. The second-order valence-electron chi connectivity index (χ2n) is 7.75. The van der Waals surface area contributed by atoms with Crippen molar-refractivity contribution in [2.24, 2.45) is 0 Å². The molecule has 2 aromatic carbocycles. The molecule has 36 heavy (non-hydrogen) atoms. The van der Waals surface area contributed by atoms with E-state index in [1.165, 1.54) is 23.1 Å². The lowest BCUT2D eigenvalue weighted by molar-refractivity contribution is -0.113. The number of thioether (sulfide) groups is 1. The normalized spacial score (nSPS) is 11.1. The number of benzene rings is 2. The van der Waals surface area contributed by atoms with Gasteiger partial charge >= 0.3 is 0 Å². The standard InChI is InChI=1S/C25H19Cl2N5O2S2/c1-15-6-2-3-9-20(15)32-23(21-10-5-11-34-21)30-31-25(32)35-14-22(33)29-24-28-13-16(36-24)12-17-18(26)7-4-8-19(17)27/h2-11,13H,12,14H2,1H3,(H,28,29,33). The lowest BCUT2D eigenvalue weighted by atomic mass is 10.1. The van der Waals surface area contributed by atoms with Crippen LogP contribution in [0.25, 0.3) is 17.3 Å². The van der Waals surface area contributed by atoms with Gasteiger partial charge in [0.1, 0.15) is 0 Å². The SMILES string of the molecule is Cc1ccccc1-n1c(SCC(=O)Nc2ncc(Cc3c(Cl)cccc3Cl)s2)nnc1-c1ccco1. The summed E-state index contributed by atoms with van der Waals surface area (Å²) in [6.45, 7) is 2.01. The van der Waals surface area contributed by atoms with E-state index < -0.39 is 0 Å². The van der Waals surface area contributed by atoms with Crippen molar-refractivity contribution in [2.45, 2.75) is 18.5 Å². The third kappa shape index (κ3) is 5.34. The van der Waals surface area contributed by atoms with E-state index in [1.54, 1.807) is 30.7 Å². The van der Waals surface area contributed by atoms with Gasteiger partial charge < -0.3 is 9.73 Å². The average molecular weight is 557 g/mol. The number of hydrogen-bond donors (Lipinski definition) is 1. The summed E-state index contributed by atoms with van der Waals surface area (Å²) in [4.78, 5) is 18.0. The van der Waals surface area contributed by atoms with Gasteiger partial charge in [-0.1, -0.05) is 59.2 Å². The van der Waals surface area contributed by atoms with E-state index in [1.807, 2.05) is 47.9 Å². The Hall–Kier alpha value is -3.11. The highest BCUT2D eigenvalue weighted by Crippen LogP contribution is 2.31. The summed E-state index contributed by atoms with van der Waals surface area (Å²) in [6.07, 6.45) is 3.85. The topological polar surface area (TPSA) is 85.8 Å². The van der Waals surface area contributed by atoms with Gasteiger partial charge in [-0.05, 0) is 48.4 Å². The van der Waals surface area contributed by atoms with Crippen molar-refractivity contribution in [3.63, 3.8) is 0 Å². The van der Waals surface area contributed by atoms with E-state index in [0.717, 1.165) is 21.7 Å². The van der Waals surface area contributed by atoms with E-state index in [-0.39, 0.29) is 11.7 Å². The first kappa shape index (κ1) is 24.6. The van der Waals surface area contributed by atoms with Crippen molar-refractivity contribution in [1.29, 1.82) is 0 Å². The predicted molar refractivity (Wildman–Crippen MR) is 145 cm³/mol. The zero-order valence-corrected chi connectivity index (χ0v) is 22.1. The molecule has 0 bridgehead atoms. The monoisotopic (exact) mass is 555 g/mol. The van der Waals surface area contributed by atoms with Crippen molar-refractivity contribution in [3.05, 3.63) is 93.1 Å². The number of halogens is 2. The Morgan fingerprint density at radius 2 is 1.89 bits per heavy atom. The minimum Gasteiger partial charge on any atom is -0.461 e. The molecule has 0 fully saturated rings. The average Bonchev–Trinajstić information content (AvgIpc) is 3.62. The first-order chi connectivity index (χ1) is 17.5. The number of aryl methyl sites for hydroxylation is 1. The summed E-state index contributed by atoms with van der Waals surface area (Å²) in [7, 11) is 0. The maximum absolute atomic E-state index is 12.7. The molecular weight excluding hydrogens is 537 g/mol. The first-order valence-corrected chi connectivity index (χ1v) is 13.4. The van der Waals surface area contributed by atoms with Gasteiger partial charge in [0.15, 0.2) is 16.0 Å². The number of para-hydroxylation sites is 1. The molecule has 0 spiro atoms. The third-order valence-electron chi connectivity index (χ3n) is 5.28. The van der Waals surface area contributed by atoms with E-state index in [4.69, 9.17) is 27.6 Å². The molecule has 0 saturated carbocycles. The maximum atomic E-state index is 12.7. The van der Waals surface area contributed by atoms with Gasteiger partial charge in [-0.2, -0.15) is 0 Å². The van der Waals surface area contributed by atoms with E-state index in [0.29, 0.717) is 38.3 Å². The van der Waals surface area contributed by atoms with Gasteiger partial charge in [0.2, 0.25) is 11.7 Å². The van der Waals surface area contributed by atoms with Crippen LogP contribution in [0.2, 0.25) is 10.0 Å². The molecule has 3 aromatic heterocycles. The Kier molecular flexibility index (Phi) is 7.43. The Bertz CT molecular complexity index is 1490. The zero-order valence-electron chi connectivity index (χ0n) is 18.9. The molecule has 11 heteroatoms. The van der Waals surface area contributed by atoms with Gasteiger partial charge in [0.05, 0.1) is 17.7 Å². The summed E-state index contributed by atoms with van der Waals surface area (Å²) >= 11 is 15.2. The molecule has 0 aliphatic carbocycles. The number of anilines is 1. The number of nitrogens with one attached hydrogen (secondary N) is 1. The lowest BCUT2D eigenvalue weighted by Crippen LogP contribution is -2.14. The minimum absolute atomic E-state index is 0.132. The fourth-order valence-corrected chi connectivity index (χ4v) is 5.68. The number of nitrogens with zero attached hydrogens (tertiary/aromatic N) is 4. The number of carbonyl (C=O) groups excluding carboxylic acids is 1. The van der Waals surface area contributed by atoms with Crippen LogP contribution in [0.3, 0.4) is 0 Å². The quantitative estimate of drug-likeness (QED) is 0.209. The van der Waals surface area contributed by atoms with Crippen LogP contribution in [0.4, 0.5) is 5.13 Å². The number of furan rings is 1. The van der Waals surface area contributed by atoms with Crippen LogP contribution >= 0.6 is 46.3 Å². The molecule has 0 radical (unpaired) electrons. The van der Waals surface area contributed by atoms with Gasteiger partial charge in [0, 0.05) is 27.5 Å². The van der Waals surface area contributed by atoms with Crippen LogP contribution in [0.5, 0.6) is 0 Å². The van der Waals surface area contributed by atoms with Crippen LogP contribution in [0, 0.1) is 6.92 Å². The minimum atomic E-state index is -0.199. The zero-order chi connectivity index (χ0) is 25.1. The fourth-order valence-electron chi connectivity index (χ4n) is 3.57. The van der Waals surface area contributed by atoms with Gasteiger partial charge in [-0.15, -0.1) is 21.5 Å². The van der Waals surface area contributed by atoms with Gasteiger partial charge in [0.25, 0.3) is 0 Å². The highest BCUT2D eigenvalue weighted by atomic mass is 35.5. The molecule has 3 heterocycles. The lowest BCUT2D eigenvalue weighted by Gasteiger charge is -2.11. The number of thiazole rings is 1. The molecule has 0 saturated heterocycles. The Balaban J connectivity index is 1.29. The summed E-state index contributed by atoms with van der Waals surface area (Å²) in [5.74, 6) is 1.10. The number of carbonyl (C=O) groups is 1. The second-order valence-corrected chi connectivity index (χ2v) is 10.6. The van der Waals surface area contributed by atoms with Crippen LogP contribution in [0.15, 0.2) is 76.6 Å². The van der Waals surface area contributed by atoms with E-state index in [9.17, 15) is 4.79 Å². The highest BCUT2D eigenvalue weighted by molar-refractivity contribution is 7.99. The van der Waals surface area contributed by atoms with Crippen LogP contribution in [0.1, 0.15) is 16.0 Å². The number of rotatable bonds is 8. The third-order valence-corrected chi connectivity index (χ3v) is 7.83. The number of aromatic nitrogens is 4. The van der Waals surface area contributed by atoms with Crippen LogP contribution in [-0.2, 0) is 11.2 Å². The molecule has 5 rings (SSSR count). The van der Waals surface area contributed by atoms with Crippen molar-refractivity contribution in [2.75, 3.05) is 11.1 Å². The molecule has 0 atom stereocenters.